The summed E-state index contributed by atoms with van der Waals surface area (Å²) >= 11 is 0. The van der Waals surface area contributed by atoms with Gasteiger partial charge in [0.2, 0.25) is 17.5 Å². The Hall–Kier alpha value is -3.35. The molecule has 2 aromatic carbocycles. The van der Waals surface area contributed by atoms with Crippen LogP contribution in [-0.2, 0) is 28.8 Å². The first-order chi connectivity index (χ1) is 14.5. The van der Waals surface area contributed by atoms with Gasteiger partial charge in [0, 0.05) is 17.5 Å². The largest absolute Gasteiger partial charge is 0.454 e. The summed E-state index contributed by atoms with van der Waals surface area (Å²) < 4.78 is 23.4. The van der Waals surface area contributed by atoms with Crippen LogP contribution in [0.1, 0.15) is 47.1 Å². The van der Waals surface area contributed by atoms with Crippen molar-refractivity contribution in [1.29, 1.82) is 0 Å². The number of benzene rings is 2. The highest BCUT2D eigenvalue weighted by Gasteiger charge is 2.22. The van der Waals surface area contributed by atoms with Crippen molar-refractivity contribution in [2.75, 3.05) is 0 Å². The highest BCUT2D eigenvalue weighted by Crippen LogP contribution is 2.24. The number of aryl methyl sites for hydroxylation is 3. The fourth-order valence-corrected chi connectivity index (χ4v) is 3.55. The number of fused-ring (bicyclic) bond motifs is 1. The van der Waals surface area contributed by atoms with Crippen molar-refractivity contribution < 1.29 is 23.2 Å². The third-order valence-electron chi connectivity index (χ3n) is 5.17. The molecule has 0 amide bonds. The van der Waals surface area contributed by atoms with Crippen LogP contribution in [0.25, 0.3) is 11.4 Å². The molecule has 0 spiro atoms. The summed E-state index contributed by atoms with van der Waals surface area (Å²) in [4.78, 5) is 29.0. The second-order valence-electron chi connectivity index (χ2n) is 7.35. The molecule has 0 saturated heterocycles. The summed E-state index contributed by atoms with van der Waals surface area (Å²) in [5.74, 6) is -0.496. The number of ether oxygens (including phenoxy) is 1. The normalized spacial score (nSPS) is 13.7. The van der Waals surface area contributed by atoms with Gasteiger partial charge in [0.15, 0.2) is 6.10 Å². The van der Waals surface area contributed by atoms with E-state index in [0.29, 0.717) is 17.0 Å². The molecule has 0 fully saturated rings. The number of nitrogens with zero attached hydrogens (tertiary/aromatic N) is 2. The van der Waals surface area contributed by atoms with Gasteiger partial charge in [0.25, 0.3) is 0 Å². The predicted octanol–water partition coefficient (Wildman–Crippen LogP) is 4.11. The minimum Gasteiger partial charge on any atom is -0.454 e. The summed E-state index contributed by atoms with van der Waals surface area (Å²) in [6, 6.07) is 11.4. The van der Waals surface area contributed by atoms with Gasteiger partial charge >= 0.3 is 5.97 Å². The number of esters is 1. The maximum Gasteiger partial charge on any atom is 0.307 e. The molecule has 1 unspecified atom stereocenters. The molecule has 1 aliphatic carbocycles. The molecule has 4 rings (SSSR count). The molecule has 0 bridgehead atoms. The van der Waals surface area contributed by atoms with Crippen LogP contribution in [0.3, 0.4) is 0 Å². The molecule has 0 saturated carbocycles. The molecule has 1 heterocycles. The van der Waals surface area contributed by atoms with E-state index in [1.165, 1.54) is 23.3 Å². The summed E-state index contributed by atoms with van der Waals surface area (Å²) in [5.41, 5.74) is 3.67. The second kappa shape index (κ2) is 8.57. The summed E-state index contributed by atoms with van der Waals surface area (Å²) in [5, 5.41) is 3.84. The van der Waals surface area contributed by atoms with E-state index in [1.54, 1.807) is 25.1 Å². The number of carbonyl (C=O) groups is 2. The van der Waals surface area contributed by atoms with Crippen molar-refractivity contribution in [2.24, 2.45) is 0 Å². The first kappa shape index (κ1) is 19.9. The van der Waals surface area contributed by atoms with Gasteiger partial charge in [0.1, 0.15) is 5.82 Å². The van der Waals surface area contributed by atoms with Crippen LogP contribution in [-0.4, -0.2) is 28.0 Å². The van der Waals surface area contributed by atoms with E-state index in [-0.39, 0.29) is 30.3 Å². The Bertz CT molecular complexity index is 1080. The van der Waals surface area contributed by atoms with Crippen molar-refractivity contribution in [3.8, 4) is 11.4 Å². The number of carbonyl (C=O) groups excluding carboxylic acids is 2. The zero-order valence-electron chi connectivity index (χ0n) is 16.6. The Morgan fingerprint density at radius 3 is 2.70 bits per heavy atom. The second-order valence-corrected chi connectivity index (χ2v) is 7.35. The number of Topliss-reactive ketones (excluding diaryl/α,β-unsaturated/α-hetero) is 1. The first-order valence-corrected chi connectivity index (χ1v) is 9.93. The molecule has 7 heteroatoms. The molecule has 1 atom stereocenters. The number of hydrogen-bond donors (Lipinski definition) is 0. The molecule has 3 aromatic rings. The molecule has 1 aromatic heterocycles. The van der Waals surface area contributed by atoms with E-state index in [2.05, 4.69) is 10.1 Å². The lowest BCUT2D eigenvalue weighted by atomic mass is 10.0. The topological polar surface area (TPSA) is 82.3 Å². The Labute approximate surface area is 173 Å². The van der Waals surface area contributed by atoms with Gasteiger partial charge in [0.05, 0.1) is 6.42 Å². The van der Waals surface area contributed by atoms with Gasteiger partial charge in [-0.15, -0.1) is 0 Å². The van der Waals surface area contributed by atoms with Crippen molar-refractivity contribution in [3.05, 3.63) is 70.9 Å². The van der Waals surface area contributed by atoms with Gasteiger partial charge in [-0.1, -0.05) is 17.3 Å². The van der Waals surface area contributed by atoms with Crippen molar-refractivity contribution >= 4 is 11.8 Å². The average Bonchev–Trinajstić information content (AvgIpc) is 3.41. The highest BCUT2D eigenvalue weighted by molar-refractivity contribution is 6.00. The Balaban J connectivity index is 1.30. The van der Waals surface area contributed by atoms with E-state index < -0.39 is 12.1 Å². The number of hydrogen-bond acceptors (Lipinski definition) is 6. The zero-order chi connectivity index (χ0) is 21.1. The van der Waals surface area contributed by atoms with Gasteiger partial charge < -0.3 is 9.26 Å². The number of aromatic nitrogens is 2. The molecule has 154 valence electrons. The molecule has 1 aliphatic rings. The zero-order valence-corrected chi connectivity index (χ0v) is 16.6. The standard InChI is InChI=1S/C23H21FN2O4/c1-14(22(28)18-6-5-15-3-2-4-17(15)13-18)29-21(27)12-11-20-25-23(26-30-20)16-7-9-19(24)10-8-16/h5-10,13-14H,2-4,11-12H2,1H3. The van der Waals surface area contributed by atoms with Crippen LogP contribution < -0.4 is 0 Å². The van der Waals surface area contributed by atoms with Crippen LogP contribution in [0.5, 0.6) is 0 Å². The summed E-state index contributed by atoms with van der Waals surface area (Å²) in [6.45, 7) is 1.58. The van der Waals surface area contributed by atoms with E-state index in [0.717, 1.165) is 19.3 Å². The number of halogens is 1. The fourth-order valence-electron chi connectivity index (χ4n) is 3.55. The maximum atomic E-state index is 13.0. The molecule has 0 aliphatic heterocycles. The van der Waals surface area contributed by atoms with E-state index >= 15 is 0 Å². The van der Waals surface area contributed by atoms with Gasteiger partial charge in [-0.25, -0.2) is 4.39 Å². The van der Waals surface area contributed by atoms with Crippen molar-refractivity contribution in [1.82, 2.24) is 10.1 Å². The van der Waals surface area contributed by atoms with Crippen LogP contribution >= 0.6 is 0 Å². The highest BCUT2D eigenvalue weighted by atomic mass is 19.1. The average molecular weight is 408 g/mol. The Morgan fingerprint density at radius 1 is 1.13 bits per heavy atom. The lowest BCUT2D eigenvalue weighted by Crippen LogP contribution is -2.24. The molecule has 0 N–H and O–H groups in total. The Kier molecular flexibility index (Phi) is 5.70. The maximum absolute atomic E-state index is 13.0. The lowest BCUT2D eigenvalue weighted by Gasteiger charge is -2.13. The third kappa shape index (κ3) is 4.45. The number of rotatable bonds is 7. The predicted molar refractivity (Wildman–Crippen MR) is 106 cm³/mol. The van der Waals surface area contributed by atoms with E-state index in [1.807, 2.05) is 12.1 Å². The lowest BCUT2D eigenvalue weighted by molar-refractivity contribution is -0.146. The SMILES string of the molecule is CC(OC(=O)CCc1nc(-c2ccc(F)cc2)no1)C(=O)c1ccc2c(c1)CCC2. The minimum absolute atomic E-state index is 0.00680. The molecule has 30 heavy (non-hydrogen) atoms. The third-order valence-corrected chi connectivity index (χ3v) is 5.17. The Morgan fingerprint density at radius 2 is 1.90 bits per heavy atom. The van der Waals surface area contributed by atoms with Crippen LogP contribution in [0.2, 0.25) is 0 Å². The molecule has 6 nitrogen and oxygen atoms in total. The fraction of sp³-hybridized carbons (Fsp3) is 0.304. The molecular formula is C23H21FN2O4. The molecule has 0 radical (unpaired) electrons. The van der Waals surface area contributed by atoms with Crippen molar-refractivity contribution in [2.45, 2.75) is 45.1 Å². The summed E-state index contributed by atoms with van der Waals surface area (Å²) in [7, 11) is 0. The van der Waals surface area contributed by atoms with Gasteiger partial charge in [-0.3, -0.25) is 9.59 Å². The van der Waals surface area contributed by atoms with Crippen LogP contribution in [0, 0.1) is 5.82 Å². The van der Waals surface area contributed by atoms with Crippen LogP contribution in [0.15, 0.2) is 47.0 Å². The monoisotopic (exact) mass is 408 g/mol. The van der Waals surface area contributed by atoms with E-state index in [9.17, 15) is 14.0 Å². The number of ketones is 1. The summed E-state index contributed by atoms with van der Waals surface area (Å²) in [6.07, 6.45) is 2.46. The minimum atomic E-state index is -0.866. The first-order valence-electron chi connectivity index (χ1n) is 9.93. The quantitative estimate of drug-likeness (QED) is 0.432. The molecular weight excluding hydrogens is 387 g/mol. The van der Waals surface area contributed by atoms with E-state index in [4.69, 9.17) is 9.26 Å². The van der Waals surface area contributed by atoms with Crippen molar-refractivity contribution in [3.63, 3.8) is 0 Å². The smallest absolute Gasteiger partial charge is 0.307 e. The van der Waals surface area contributed by atoms with Gasteiger partial charge in [-0.2, -0.15) is 4.98 Å². The van der Waals surface area contributed by atoms with Gasteiger partial charge in [-0.05, 0) is 67.6 Å². The van der Waals surface area contributed by atoms with Crippen LogP contribution in [0.4, 0.5) is 4.39 Å².